The van der Waals surface area contributed by atoms with Crippen LogP contribution in [0.5, 0.6) is 5.75 Å². The van der Waals surface area contributed by atoms with E-state index in [0.29, 0.717) is 17.8 Å². The number of hydrogen-bond acceptors (Lipinski definition) is 3. The third-order valence-electron chi connectivity index (χ3n) is 2.36. The van der Waals surface area contributed by atoms with Crippen molar-refractivity contribution in [2.45, 2.75) is 6.92 Å². The minimum Gasteiger partial charge on any atom is -0.496 e. The summed E-state index contributed by atoms with van der Waals surface area (Å²) in [5.41, 5.74) is 1.97. The molecule has 1 aromatic carbocycles. The van der Waals surface area contributed by atoms with Crippen LogP contribution in [0.3, 0.4) is 0 Å². The summed E-state index contributed by atoms with van der Waals surface area (Å²) in [6, 6.07) is 9.22. The van der Waals surface area contributed by atoms with Crippen LogP contribution in [0.15, 0.2) is 34.7 Å². The fraction of sp³-hybridized carbons (Fsp3) is 0.154. The minimum atomic E-state index is 0.318. The molecule has 0 N–H and O–H groups in total. The number of ether oxygens (including phenoxy) is 1. The van der Waals surface area contributed by atoms with E-state index in [1.807, 2.05) is 25.1 Å². The number of hydrogen-bond donors (Lipinski definition) is 0. The summed E-state index contributed by atoms with van der Waals surface area (Å²) in [4.78, 5) is 10.5. The monoisotopic (exact) mass is 216 g/mol. The van der Waals surface area contributed by atoms with E-state index in [1.165, 1.54) is 0 Å². The van der Waals surface area contributed by atoms with Crippen molar-refractivity contribution >= 4 is 6.29 Å². The summed E-state index contributed by atoms with van der Waals surface area (Å²) >= 11 is 0. The van der Waals surface area contributed by atoms with Gasteiger partial charge in [-0.2, -0.15) is 0 Å². The van der Waals surface area contributed by atoms with Crippen molar-refractivity contribution < 1.29 is 13.9 Å². The Balaban J connectivity index is 2.53. The van der Waals surface area contributed by atoms with Crippen LogP contribution >= 0.6 is 0 Å². The molecule has 0 bridgehead atoms. The van der Waals surface area contributed by atoms with Gasteiger partial charge in [0.05, 0.1) is 12.7 Å². The number of furan rings is 1. The molecule has 0 aliphatic carbocycles. The average Bonchev–Trinajstić information content (AvgIpc) is 2.77. The first-order chi connectivity index (χ1) is 7.74. The topological polar surface area (TPSA) is 39.4 Å². The van der Waals surface area contributed by atoms with E-state index in [1.54, 1.807) is 19.2 Å². The summed E-state index contributed by atoms with van der Waals surface area (Å²) in [6.45, 7) is 1.99. The van der Waals surface area contributed by atoms with Crippen molar-refractivity contribution in [1.29, 1.82) is 0 Å². The Morgan fingerprint density at radius 2 is 2.06 bits per heavy atom. The highest BCUT2D eigenvalue weighted by atomic mass is 16.5. The Morgan fingerprint density at radius 3 is 2.69 bits per heavy atom. The molecule has 2 aromatic rings. The van der Waals surface area contributed by atoms with Crippen molar-refractivity contribution in [2.75, 3.05) is 7.11 Å². The van der Waals surface area contributed by atoms with Crippen LogP contribution in [-0.2, 0) is 0 Å². The summed E-state index contributed by atoms with van der Waals surface area (Å²) in [5.74, 6) is 1.69. The largest absolute Gasteiger partial charge is 0.496 e. The van der Waals surface area contributed by atoms with Crippen LogP contribution in [0.25, 0.3) is 11.3 Å². The van der Waals surface area contributed by atoms with Gasteiger partial charge in [0.25, 0.3) is 0 Å². The number of aldehydes is 1. The fourth-order valence-electron chi connectivity index (χ4n) is 1.58. The summed E-state index contributed by atoms with van der Waals surface area (Å²) in [6.07, 6.45) is 0.686. The van der Waals surface area contributed by atoms with E-state index in [9.17, 15) is 4.79 Å². The molecule has 3 nitrogen and oxygen atoms in total. The van der Waals surface area contributed by atoms with Gasteiger partial charge in [0, 0.05) is 0 Å². The van der Waals surface area contributed by atoms with Gasteiger partial charge in [0.1, 0.15) is 11.5 Å². The van der Waals surface area contributed by atoms with E-state index < -0.39 is 0 Å². The molecule has 1 heterocycles. The van der Waals surface area contributed by atoms with E-state index >= 15 is 0 Å². The van der Waals surface area contributed by atoms with E-state index in [-0.39, 0.29) is 0 Å². The molecule has 0 aliphatic heterocycles. The van der Waals surface area contributed by atoms with Gasteiger partial charge < -0.3 is 9.15 Å². The first-order valence-electron chi connectivity index (χ1n) is 4.94. The van der Waals surface area contributed by atoms with Crippen molar-refractivity contribution in [3.05, 3.63) is 41.7 Å². The zero-order valence-corrected chi connectivity index (χ0v) is 9.19. The summed E-state index contributed by atoms with van der Waals surface area (Å²) < 4.78 is 10.6. The van der Waals surface area contributed by atoms with Crippen LogP contribution in [0, 0.1) is 6.92 Å². The lowest BCUT2D eigenvalue weighted by atomic mass is 10.1. The second-order valence-corrected chi connectivity index (χ2v) is 3.52. The lowest BCUT2D eigenvalue weighted by Gasteiger charge is -2.06. The van der Waals surface area contributed by atoms with Crippen LogP contribution in [0.4, 0.5) is 0 Å². The number of carbonyl (C=O) groups is 1. The lowest BCUT2D eigenvalue weighted by Crippen LogP contribution is -1.87. The lowest BCUT2D eigenvalue weighted by molar-refractivity contribution is 0.110. The number of rotatable bonds is 3. The molecule has 0 aliphatic rings. The number of carbonyl (C=O) groups excluding carboxylic acids is 1. The highest BCUT2D eigenvalue weighted by molar-refractivity contribution is 5.74. The molecule has 0 spiro atoms. The van der Waals surface area contributed by atoms with Crippen molar-refractivity contribution in [1.82, 2.24) is 0 Å². The highest BCUT2D eigenvalue weighted by Gasteiger charge is 2.10. The van der Waals surface area contributed by atoms with Gasteiger partial charge in [0.2, 0.25) is 0 Å². The molecule has 2 rings (SSSR count). The Hall–Kier alpha value is -2.03. The number of aryl methyl sites for hydroxylation is 1. The number of benzene rings is 1. The zero-order chi connectivity index (χ0) is 11.5. The molecule has 82 valence electrons. The second-order valence-electron chi connectivity index (χ2n) is 3.52. The Kier molecular flexibility index (Phi) is 2.77. The maximum absolute atomic E-state index is 10.5. The van der Waals surface area contributed by atoms with Gasteiger partial charge in [0.15, 0.2) is 12.0 Å². The highest BCUT2D eigenvalue weighted by Crippen LogP contribution is 2.31. The molecule has 1 aromatic heterocycles. The predicted octanol–water partition coefficient (Wildman–Crippen LogP) is 3.08. The first kappa shape index (κ1) is 10.5. The minimum absolute atomic E-state index is 0.318. The maximum atomic E-state index is 10.5. The van der Waals surface area contributed by atoms with Crippen molar-refractivity contribution in [2.24, 2.45) is 0 Å². The van der Waals surface area contributed by atoms with Gasteiger partial charge in [-0.3, -0.25) is 4.79 Å². The summed E-state index contributed by atoms with van der Waals surface area (Å²) in [7, 11) is 1.61. The molecule has 0 atom stereocenters. The van der Waals surface area contributed by atoms with Gasteiger partial charge in [-0.15, -0.1) is 0 Å². The fourth-order valence-corrected chi connectivity index (χ4v) is 1.58. The summed E-state index contributed by atoms with van der Waals surface area (Å²) in [5, 5.41) is 0. The molecule has 0 amide bonds. The smallest absolute Gasteiger partial charge is 0.185 e. The quantitative estimate of drug-likeness (QED) is 0.740. The van der Waals surface area contributed by atoms with Gasteiger partial charge >= 0.3 is 0 Å². The SMILES string of the molecule is COc1ccc(C)cc1-c1ccc(C=O)o1. The van der Waals surface area contributed by atoms with Crippen LogP contribution < -0.4 is 4.74 Å². The van der Waals surface area contributed by atoms with Gasteiger partial charge in [-0.1, -0.05) is 11.6 Å². The van der Waals surface area contributed by atoms with Crippen LogP contribution in [-0.4, -0.2) is 13.4 Å². The Bertz CT molecular complexity index is 512. The van der Waals surface area contributed by atoms with Gasteiger partial charge in [-0.05, 0) is 31.2 Å². The van der Waals surface area contributed by atoms with Crippen LogP contribution in [0.2, 0.25) is 0 Å². The van der Waals surface area contributed by atoms with E-state index in [2.05, 4.69) is 0 Å². The van der Waals surface area contributed by atoms with Crippen LogP contribution in [0.1, 0.15) is 16.1 Å². The van der Waals surface area contributed by atoms with E-state index in [4.69, 9.17) is 9.15 Å². The third kappa shape index (κ3) is 1.84. The van der Waals surface area contributed by atoms with Crippen molar-refractivity contribution in [3.8, 4) is 17.1 Å². The molecule has 3 heteroatoms. The zero-order valence-electron chi connectivity index (χ0n) is 9.19. The van der Waals surface area contributed by atoms with Crippen molar-refractivity contribution in [3.63, 3.8) is 0 Å². The third-order valence-corrected chi connectivity index (χ3v) is 2.36. The Labute approximate surface area is 93.7 Å². The molecular weight excluding hydrogens is 204 g/mol. The molecule has 16 heavy (non-hydrogen) atoms. The molecular formula is C13H12O3. The molecule has 0 unspecified atom stereocenters. The Morgan fingerprint density at radius 1 is 1.25 bits per heavy atom. The standard InChI is InChI=1S/C13H12O3/c1-9-3-5-12(15-2)11(7-9)13-6-4-10(8-14)16-13/h3-8H,1-2H3. The molecule has 0 saturated heterocycles. The van der Waals surface area contributed by atoms with Gasteiger partial charge in [-0.25, -0.2) is 0 Å². The average molecular weight is 216 g/mol. The maximum Gasteiger partial charge on any atom is 0.185 e. The first-order valence-corrected chi connectivity index (χ1v) is 4.94. The number of methoxy groups -OCH3 is 1. The second kappa shape index (κ2) is 4.23. The molecule has 0 fully saturated rings. The predicted molar refractivity (Wildman–Crippen MR) is 60.8 cm³/mol. The molecule has 0 saturated carbocycles. The normalized spacial score (nSPS) is 10.1. The molecule has 0 radical (unpaired) electrons. The van der Waals surface area contributed by atoms with E-state index in [0.717, 1.165) is 16.9 Å².